The Bertz CT molecular complexity index is 564. The standard InChI is InChI=1S/C14H13NO3/c1-10-7-12(8-11(2)15-10)14-4-3-13(18-14)5-6-17-9-16/h3-9H,1-2H3. The van der Waals surface area contributed by atoms with Gasteiger partial charge in [0.05, 0.1) is 6.26 Å². The number of rotatable bonds is 4. The summed E-state index contributed by atoms with van der Waals surface area (Å²) in [5, 5.41) is 0. The van der Waals surface area contributed by atoms with Crippen molar-refractivity contribution in [3.05, 3.63) is 47.7 Å². The molecule has 0 aliphatic rings. The maximum absolute atomic E-state index is 9.99. The van der Waals surface area contributed by atoms with Crippen molar-refractivity contribution in [1.82, 2.24) is 4.98 Å². The van der Waals surface area contributed by atoms with Gasteiger partial charge in [0.2, 0.25) is 0 Å². The predicted octanol–water partition coefficient (Wildman–Crippen LogP) is 3.10. The zero-order valence-electron chi connectivity index (χ0n) is 10.2. The topological polar surface area (TPSA) is 52.3 Å². The largest absolute Gasteiger partial charge is 0.457 e. The molecule has 0 bridgehead atoms. The number of aryl methyl sites for hydroxylation is 2. The van der Waals surface area contributed by atoms with Crippen LogP contribution >= 0.6 is 0 Å². The molecule has 2 aromatic rings. The van der Waals surface area contributed by atoms with Crippen LogP contribution in [-0.4, -0.2) is 11.5 Å². The molecule has 2 heterocycles. The van der Waals surface area contributed by atoms with Gasteiger partial charge in [-0.15, -0.1) is 0 Å². The molecule has 0 fully saturated rings. The molecule has 0 radical (unpaired) electrons. The lowest BCUT2D eigenvalue weighted by Gasteiger charge is -2.00. The van der Waals surface area contributed by atoms with E-state index in [1.165, 1.54) is 6.26 Å². The van der Waals surface area contributed by atoms with E-state index >= 15 is 0 Å². The molecule has 0 saturated heterocycles. The van der Waals surface area contributed by atoms with Crippen molar-refractivity contribution in [2.45, 2.75) is 13.8 Å². The van der Waals surface area contributed by atoms with E-state index in [1.807, 2.05) is 38.1 Å². The Morgan fingerprint density at radius 1 is 1.22 bits per heavy atom. The Labute approximate surface area is 105 Å². The number of nitrogens with zero attached hydrogens (tertiary/aromatic N) is 1. The molecule has 0 aliphatic heterocycles. The van der Waals surface area contributed by atoms with Crippen molar-refractivity contribution < 1.29 is 13.9 Å². The number of pyridine rings is 1. The van der Waals surface area contributed by atoms with Gasteiger partial charge in [0.25, 0.3) is 6.47 Å². The molecule has 0 unspecified atom stereocenters. The lowest BCUT2D eigenvalue weighted by Crippen LogP contribution is -1.86. The molecule has 0 aromatic carbocycles. The molecule has 0 saturated carbocycles. The van der Waals surface area contributed by atoms with Crippen molar-refractivity contribution in [3.8, 4) is 11.3 Å². The van der Waals surface area contributed by atoms with Crippen LogP contribution in [0.15, 0.2) is 34.9 Å². The molecule has 2 rings (SSSR count). The summed E-state index contributed by atoms with van der Waals surface area (Å²) in [5.41, 5.74) is 2.88. The van der Waals surface area contributed by atoms with Gasteiger partial charge in [0, 0.05) is 23.0 Å². The summed E-state index contributed by atoms with van der Waals surface area (Å²) in [6.07, 6.45) is 2.86. The highest BCUT2D eigenvalue weighted by Gasteiger charge is 2.05. The first-order valence-corrected chi connectivity index (χ1v) is 5.50. The second kappa shape index (κ2) is 5.31. The fourth-order valence-electron chi connectivity index (χ4n) is 1.71. The molecule has 18 heavy (non-hydrogen) atoms. The summed E-state index contributed by atoms with van der Waals surface area (Å²) >= 11 is 0. The summed E-state index contributed by atoms with van der Waals surface area (Å²) in [7, 11) is 0. The van der Waals surface area contributed by atoms with Gasteiger partial charge in [-0.3, -0.25) is 9.78 Å². The van der Waals surface area contributed by atoms with E-state index in [4.69, 9.17) is 4.42 Å². The van der Waals surface area contributed by atoms with E-state index in [9.17, 15) is 4.79 Å². The molecule has 0 spiro atoms. The number of ether oxygens (including phenoxy) is 1. The lowest BCUT2D eigenvalue weighted by atomic mass is 10.1. The number of furan rings is 1. The molecule has 0 amide bonds. The summed E-state index contributed by atoms with van der Waals surface area (Å²) in [4.78, 5) is 14.3. The van der Waals surface area contributed by atoms with Crippen LogP contribution in [0, 0.1) is 13.8 Å². The monoisotopic (exact) mass is 243 g/mol. The van der Waals surface area contributed by atoms with Gasteiger partial charge < -0.3 is 9.15 Å². The number of aromatic nitrogens is 1. The van der Waals surface area contributed by atoms with E-state index in [-0.39, 0.29) is 0 Å². The van der Waals surface area contributed by atoms with Crippen LogP contribution in [0.5, 0.6) is 0 Å². The Morgan fingerprint density at radius 3 is 2.61 bits per heavy atom. The smallest absolute Gasteiger partial charge is 0.297 e. The molecular weight excluding hydrogens is 230 g/mol. The molecular formula is C14H13NO3. The van der Waals surface area contributed by atoms with Crippen molar-refractivity contribution in [1.29, 1.82) is 0 Å². The van der Waals surface area contributed by atoms with Crippen molar-refractivity contribution in [2.24, 2.45) is 0 Å². The molecule has 0 atom stereocenters. The van der Waals surface area contributed by atoms with Gasteiger partial charge in [-0.05, 0) is 38.1 Å². The average molecular weight is 243 g/mol. The fourth-order valence-corrected chi connectivity index (χ4v) is 1.71. The van der Waals surface area contributed by atoms with Gasteiger partial charge in [-0.1, -0.05) is 0 Å². The third-order valence-electron chi connectivity index (χ3n) is 2.36. The lowest BCUT2D eigenvalue weighted by molar-refractivity contribution is -0.123. The summed E-state index contributed by atoms with van der Waals surface area (Å²) in [6, 6.07) is 7.60. The zero-order chi connectivity index (χ0) is 13.0. The Morgan fingerprint density at radius 2 is 1.94 bits per heavy atom. The van der Waals surface area contributed by atoms with Gasteiger partial charge in [-0.25, -0.2) is 0 Å². The number of hydrogen-bond donors (Lipinski definition) is 0. The van der Waals surface area contributed by atoms with Crippen LogP contribution in [0.3, 0.4) is 0 Å². The predicted molar refractivity (Wildman–Crippen MR) is 67.6 cm³/mol. The van der Waals surface area contributed by atoms with Crippen molar-refractivity contribution >= 4 is 12.5 Å². The molecule has 4 nitrogen and oxygen atoms in total. The van der Waals surface area contributed by atoms with Gasteiger partial charge in [-0.2, -0.15) is 0 Å². The van der Waals surface area contributed by atoms with Gasteiger partial charge in [0.15, 0.2) is 0 Å². The highest BCUT2D eigenvalue weighted by atomic mass is 16.5. The molecule has 4 heteroatoms. The quantitative estimate of drug-likeness (QED) is 0.611. The molecule has 2 aromatic heterocycles. The van der Waals surface area contributed by atoms with Crippen molar-refractivity contribution in [3.63, 3.8) is 0 Å². The van der Waals surface area contributed by atoms with Crippen LogP contribution in [0.1, 0.15) is 17.1 Å². The second-order valence-corrected chi connectivity index (χ2v) is 3.88. The summed E-state index contributed by atoms with van der Waals surface area (Å²) < 4.78 is 10.1. The van der Waals surface area contributed by atoms with Crippen LogP contribution in [0.25, 0.3) is 17.4 Å². The first kappa shape index (κ1) is 12.1. The first-order chi connectivity index (χ1) is 8.69. The molecule has 92 valence electrons. The number of carbonyl (C=O) groups is 1. The van der Waals surface area contributed by atoms with Crippen LogP contribution < -0.4 is 0 Å². The first-order valence-electron chi connectivity index (χ1n) is 5.50. The van der Waals surface area contributed by atoms with E-state index in [1.54, 1.807) is 6.08 Å². The minimum absolute atomic E-state index is 0.357. The Balaban J connectivity index is 2.26. The van der Waals surface area contributed by atoms with Crippen LogP contribution in [-0.2, 0) is 9.53 Å². The van der Waals surface area contributed by atoms with E-state index in [0.717, 1.165) is 22.7 Å². The van der Waals surface area contributed by atoms with Gasteiger partial charge in [0.1, 0.15) is 11.5 Å². The zero-order valence-corrected chi connectivity index (χ0v) is 10.2. The fraction of sp³-hybridized carbons (Fsp3) is 0.143. The van der Waals surface area contributed by atoms with Crippen LogP contribution in [0.2, 0.25) is 0 Å². The van der Waals surface area contributed by atoms with Crippen LogP contribution in [0.4, 0.5) is 0 Å². The molecule has 0 aliphatic carbocycles. The third kappa shape index (κ3) is 2.85. The Kier molecular flexibility index (Phi) is 3.57. The normalized spacial score (nSPS) is 10.8. The average Bonchev–Trinajstić information content (AvgIpc) is 2.77. The molecule has 0 N–H and O–H groups in total. The van der Waals surface area contributed by atoms with E-state index < -0.39 is 0 Å². The Hall–Kier alpha value is -2.36. The van der Waals surface area contributed by atoms with Gasteiger partial charge >= 0.3 is 0 Å². The maximum atomic E-state index is 9.99. The minimum Gasteiger partial charge on any atom is -0.457 e. The summed E-state index contributed by atoms with van der Waals surface area (Å²) in [6.45, 7) is 4.24. The highest BCUT2D eigenvalue weighted by molar-refractivity contribution is 5.60. The van der Waals surface area contributed by atoms with Crippen molar-refractivity contribution in [2.75, 3.05) is 0 Å². The SMILES string of the molecule is Cc1cc(-c2ccc(C=COC=O)o2)cc(C)n1. The highest BCUT2D eigenvalue weighted by Crippen LogP contribution is 2.23. The summed E-state index contributed by atoms with van der Waals surface area (Å²) in [5.74, 6) is 1.38. The maximum Gasteiger partial charge on any atom is 0.297 e. The second-order valence-electron chi connectivity index (χ2n) is 3.88. The van der Waals surface area contributed by atoms with E-state index in [0.29, 0.717) is 12.2 Å². The van der Waals surface area contributed by atoms with E-state index in [2.05, 4.69) is 9.72 Å². The third-order valence-corrected chi connectivity index (χ3v) is 2.36. The number of hydrogen-bond acceptors (Lipinski definition) is 4. The number of carbonyl (C=O) groups excluding carboxylic acids is 1. The minimum atomic E-state index is 0.357.